The molecule has 10 heteroatoms. The fraction of sp³-hybridized carbons (Fsp3) is 0.522. The van der Waals surface area contributed by atoms with Gasteiger partial charge in [-0.3, -0.25) is 4.79 Å². The summed E-state index contributed by atoms with van der Waals surface area (Å²) < 4.78 is 21.7. The first kappa shape index (κ1) is 22.9. The molecule has 178 valence electrons. The van der Waals surface area contributed by atoms with Gasteiger partial charge in [0.1, 0.15) is 5.82 Å². The zero-order valence-electron chi connectivity index (χ0n) is 19.4. The Balaban J connectivity index is 1.34. The third-order valence-electron chi connectivity index (χ3n) is 5.99. The van der Waals surface area contributed by atoms with Gasteiger partial charge in [0, 0.05) is 44.9 Å². The summed E-state index contributed by atoms with van der Waals surface area (Å²) in [6.07, 6.45) is 2.45. The first-order valence-corrected chi connectivity index (χ1v) is 11.2. The quantitative estimate of drug-likeness (QED) is 0.639. The molecule has 10 nitrogen and oxygen atoms in total. The number of nitrogens with zero attached hydrogens (tertiary/aromatic N) is 4. The number of carbonyl (C=O) groups is 1. The van der Waals surface area contributed by atoms with Gasteiger partial charge in [0.2, 0.25) is 5.75 Å². The highest BCUT2D eigenvalue weighted by Crippen LogP contribution is 2.38. The molecule has 2 aromatic rings. The number of amides is 1. The molecule has 3 heterocycles. The van der Waals surface area contributed by atoms with Crippen LogP contribution in [0.15, 0.2) is 24.3 Å². The van der Waals surface area contributed by atoms with Gasteiger partial charge < -0.3 is 34.1 Å². The molecule has 0 radical (unpaired) electrons. The number of carbonyl (C=O) groups excluding carboxylic acids is 1. The van der Waals surface area contributed by atoms with E-state index in [1.54, 1.807) is 12.1 Å². The lowest BCUT2D eigenvalue weighted by molar-refractivity contribution is 0.0745. The summed E-state index contributed by atoms with van der Waals surface area (Å²) in [7, 11) is 4.61. The summed E-state index contributed by atoms with van der Waals surface area (Å²) in [6, 6.07) is 7.26. The Morgan fingerprint density at radius 3 is 2.33 bits per heavy atom. The first-order chi connectivity index (χ1) is 16.1. The van der Waals surface area contributed by atoms with Crippen molar-refractivity contribution < 1.29 is 23.7 Å². The highest BCUT2D eigenvalue weighted by molar-refractivity contribution is 5.95. The number of hydrogen-bond acceptors (Lipinski definition) is 9. The number of nitrogens with one attached hydrogen (secondary N) is 1. The van der Waals surface area contributed by atoms with Crippen molar-refractivity contribution in [3.05, 3.63) is 29.8 Å². The summed E-state index contributed by atoms with van der Waals surface area (Å²) in [6.45, 7) is 4.09. The Morgan fingerprint density at radius 1 is 1.06 bits per heavy atom. The van der Waals surface area contributed by atoms with Crippen LogP contribution < -0.4 is 24.4 Å². The number of anilines is 2. The van der Waals surface area contributed by atoms with Crippen molar-refractivity contribution in [2.75, 3.05) is 70.9 Å². The van der Waals surface area contributed by atoms with Gasteiger partial charge in [-0.1, -0.05) is 0 Å². The van der Waals surface area contributed by atoms with E-state index in [0.717, 1.165) is 37.6 Å². The molecule has 1 aromatic carbocycles. The second-order valence-corrected chi connectivity index (χ2v) is 7.99. The molecule has 33 heavy (non-hydrogen) atoms. The SMILES string of the molecule is COc1cc(C(=O)N2CCN(c3ccc(NCC4CCCO4)nn3)CC2)cc(OC)c1OC. The van der Waals surface area contributed by atoms with Crippen molar-refractivity contribution in [1.29, 1.82) is 0 Å². The van der Waals surface area contributed by atoms with Gasteiger partial charge in [-0.05, 0) is 37.1 Å². The Kier molecular flexibility index (Phi) is 7.33. The predicted octanol–water partition coefficient (Wildman–Crippen LogP) is 2.06. The average Bonchev–Trinajstić information content (AvgIpc) is 3.40. The molecule has 2 aliphatic rings. The molecule has 2 fully saturated rings. The fourth-order valence-electron chi connectivity index (χ4n) is 4.14. The lowest BCUT2D eigenvalue weighted by Gasteiger charge is -2.35. The van der Waals surface area contributed by atoms with E-state index in [1.807, 2.05) is 17.0 Å². The Labute approximate surface area is 193 Å². The van der Waals surface area contributed by atoms with Gasteiger partial charge >= 0.3 is 0 Å². The van der Waals surface area contributed by atoms with Gasteiger partial charge in [0.25, 0.3) is 5.91 Å². The maximum Gasteiger partial charge on any atom is 0.254 e. The van der Waals surface area contributed by atoms with E-state index >= 15 is 0 Å². The van der Waals surface area contributed by atoms with E-state index in [0.29, 0.717) is 49.0 Å². The molecule has 4 rings (SSSR count). The first-order valence-electron chi connectivity index (χ1n) is 11.2. The van der Waals surface area contributed by atoms with Crippen LogP contribution in [0.1, 0.15) is 23.2 Å². The third-order valence-corrected chi connectivity index (χ3v) is 5.99. The van der Waals surface area contributed by atoms with Crippen molar-refractivity contribution in [3.63, 3.8) is 0 Å². The number of benzene rings is 1. The molecule has 0 aliphatic carbocycles. The third kappa shape index (κ3) is 5.22. The van der Waals surface area contributed by atoms with E-state index in [4.69, 9.17) is 18.9 Å². The van der Waals surface area contributed by atoms with Crippen LogP contribution >= 0.6 is 0 Å². The normalized spacial score (nSPS) is 18.2. The minimum absolute atomic E-state index is 0.0753. The number of hydrogen-bond donors (Lipinski definition) is 1. The number of methoxy groups -OCH3 is 3. The van der Waals surface area contributed by atoms with E-state index in [9.17, 15) is 4.79 Å². The number of ether oxygens (including phenoxy) is 4. The second-order valence-electron chi connectivity index (χ2n) is 7.99. The van der Waals surface area contributed by atoms with E-state index in [-0.39, 0.29) is 12.0 Å². The Bertz CT molecular complexity index is 916. The van der Waals surface area contributed by atoms with E-state index in [1.165, 1.54) is 21.3 Å². The monoisotopic (exact) mass is 457 g/mol. The molecule has 0 bridgehead atoms. The average molecular weight is 458 g/mol. The van der Waals surface area contributed by atoms with Gasteiger partial charge in [0.15, 0.2) is 17.3 Å². The molecular formula is C23H31N5O5. The maximum absolute atomic E-state index is 13.1. The maximum atomic E-state index is 13.1. The molecule has 2 aliphatic heterocycles. The molecule has 1 N–H and O–H groups in total. The van der Waals surface area contributed by atoms with Crippen molar-refractivity contribution in [3.8, 4) is 17.2 Å². The van der Waals surface area contributed by atoms with Gasteiger partial charge in [-0.2, -0.15) is 0 Å². The highest BCUT2D eigenvalue weighted by Gasteiger charge is 2.25. The lowest BCUT2D eigenvalue weighted by atomic mass is 10.1. The number of piperazine rings is 1. The Morgan fingerprint density at radius 2 is 1.79 bits per heavy atom. The molecule has 0 spiro atoms. The molecular weight excluding hydrogens is 426 g/mol. The summed E-state index contributed by atoms with van der Waals surface area (Å²) in [5.41, 5.74) is 0.499. The molecule has 1 amide bonds. The highest BCUT2D eigenvalue weighted by atomic mass is 16.5. The second kappa shape index (κ2) is 10.6. The van der Waals surface area contributed by atoms with Crippen LogP contribution in [0.25, 0.3) is 0 Å². The van der Waals surface area contributed by atoms with Crippen LogP contribution in [0.3, 0.4) is 0 Å². The summed E-state index contributed by atoms with van der Waals surface area (Å²) in [5.74, 6) is 2.86. The summed E-state index contributed by atoms with van der Waals surface area (Å²) >= 11 is 0. The van der Waals surface area contributed by atoms with Crippen LogP contribution in [0.2, 0.25) is 0 Å². The topological polar surface area (TPSA) is 98.3 Å². The van der Waals surface area contributed by atoms with Crippen LogP contribution in [-0.4, -0.2) is 87.8 Å². The molecule has 1 aromatic heterocycles. The molecule has 1 unspecified atom stereocenters. The van der Waals surface area contributed by atoms with Gasteiger partial charge in [-0.25, -0.2) is 0 Å². The molecule has 1 atom stereocenters. The van der Waals surface area contributed by atoms with Crippen molar-refractivity contribution >= 4 is 17.5 Å². The van der Waals surface area contributed by atoms with Crippen LogP contribution in [0.4, 0.5) is 11.6 Å². The van der Waals surface area contributed by atoms with Gasteiger partial charge in [0.05, 0.1) is 27.4 Å². The number of rotatable bonds is 8. The van der Waals surface area contributed by atoms with Gasteiger partial charge in [-0.15, -0.1) is 10.2 Å². The largest absolute Gasteiger partial charge is 0.493 e. The minimum Gasteiger partial charge on any atom is -0.493 e. The smallest absolute Gasteiger partial charge is 0.254 e. The van der Waals surface area contributed by atoms with Crippen molar-refractivity contribution in [1.82, 2.24) is 15.1 Å². The number of aromatic nitrogens is 2. The summed E-state index contributed by atoms with van der Waals surface area (Å²) in [5, 5.41) is 11.9. The van der Waals surface area contributed by atoms with Crippen LogP contribution in [0.5, 0.6) is 17.2 Å². The van der Waals surface area contributed by atoms with Crippen molar-refractivity contribution in [2.45, 2.75) is 18.9 Å². The standard InChI is InChI=1S/C23H31N5O5/c1-30-18-13-16(14-19(31-2)22(18)32-3)23(29)28-10-8-27(9-11-28)21-7-6-20(25-26-21)24-15-17-5-4-12-33-17/h6-7,13-14,17H,4-5,8-12,15H2,1-3H3,(H,24,25). The summed E-state index contributed by atoms with van der Waals surface area (Å²) in [4.78, 5) is 17.1. The lowest BCUT2D eigenvalue weighted by Crippen LogP contribution is -2.49. The van der Waals surface area contributed by atoms with Crippen LogP contribution in [-0.2, 0) is 4.74 Å². The van der Waals surface area contributed by atoms with Crippen molar-refractivity contribution in [2.24, 2.45) is 0 Å². The predicted molar refractivity (Wildman–Crippen MR) is 124 cm³/mol. The van der Waals surface area contributed by atoms with E-state index < -0.39 is 0 Å². The molecule has 2 saturated heterocycles. The Hall–Kier alpha value is -3.27. The molecule has 0 saturated carbocycles. The zero-order chi connectivity index (χ0) is 23.2. The zero-order valence-corrected chi connectivity index (χ0v) is 19.4. The van der Waals surface area contributed by atoms with Crippen LogP contribution in [0, 0.1) is 0 Å². The van der Waals surface area contributed by atoms with E-state index in [2.05, 4.69) is 20.4 Å². The fourth-order valence-corrected chi connectivity index (χ4v) is 4.14. The minimum atomic E-state index is -0.0753.